The van der Waals surface area contributed by atoms with E-state index in [0.29, 0.717) is 54.7 Å². The van der Waals surface area contributed by atoms with Crippen LogP contribution < -0.4 is 10.6 Å². The molecule has 0 radical (unpaired) electrons. The number of ether oxygens (including phenoxy) is 1. The minimum absolute atomic E-state index is 0.123. The number of hydrogen-bond donors (Lipinski definition) is 1. The zero-order valence-corrected chi connectivity index (χ0v) is 16.5. The number of allylic oxidation sites excluding steroid dienone is 2. The minimum atomic E-state index is -4.76. The first-order valence-corrected chi connectivity index (χ1v) is 9.74. The number of pyridine rings is 1. The number of nitrogens with two attached hydrogens (primary N) is 1. The fourth-order valence-corrected chi connectivity index (χ4v) is 3.63. The Balaban J connectivity index is 1.90. The van der Waals surface area contributed by atoms with Crippen LogP contribution in [0, 0.1) is 0 Å². The molecule has 160 valence electrons. The van der Waals surface area contributed by atoms with Crippen molar-refractivity contribution in [3.63, 3.8) is 0 Å². The van der Waals surface area contributed by atoms with Gasteiger partial charge < -0.3 is 15.4 Å². The second-order valence-electron chi connectivity index (χ2n) is 7.18. The maximum Gasteiger partial charge on any atom is 0.417 e. The molecule has 2 N–H and O–H groups in total. The molecule has 0 saturated carbocycles. The number of rotatable bonds is 4. The Kier molecular flexibility index (Phi) is 5.65. The van der Waals surface area contributed by atoms with Crippen LogP contribution in [0.15, 0.2) is 60.8 Å². The van der Waals surface area contributed by atoms with E-state index in [4.69, 9.17) is 10.5 Å². The first-order valence-electron chi connectivity index (χ1n) is 9.74. The predicted octanol–water partition coefficient (Wildman–Crippen LogP) is 4.48. The molecular weight excluding hydrogens is 407 g/mol. The van der Waals surface area contributed by atoms with Gasteiger partial charge in [-0.2, -0.15) is 13.2 Å². The summed E-state index contributed by atoms with van der Waals surface area (Å²) in [7, 11) is 0. The summed E-state index contributed by atoms with van der Waals surface area (Å²) in [5.41, 5.74) is 5.98. The number of morpholine rings is 1. The number of fused-ring (bicyclic) bond motifs is 1. The van der Waals surface area contributed by atoms with Gasteiger partial charge in [-0.25, -0.2) is 0 Å². The quantitative estimate of drug-likeness (QED) is 0.378. The fourth-order valence-electron chi connectivity index (χ4n) is 3.63. The first-order chi connectivity index (χ1) is 14.8. The molecule has 0 unspecified atom stereocenters. The van der Waals surface area contributed by atoms with E-state index >= 15 is 0 Å². The normalized spacial score (nSPS) is 15.3. The molecule has 1 aliphatic rings. The Morgan fingerprint density at radius 2 is 1.74 bits per heavy atom. The number of hydrogen-bond acceptors (Lipinski definition) is 5. The summed E-state index contributed by atoms with van der Waals surface area (Å²) in [6.07, 6.45) is -2.92. The molecule has 0 bridgehead atoms. The van der Waals surface area contributed by atoms with E-state index in [1.165, 1.54) is 30.5 Å². The van der Waals surface area contributed by atoms with Gasteiger partial charge in [-0.15, -0.1) is 0 Å². The van der Waals surface area contributed by atoms with Crippen LogP contribution in [0.25, 0.3) is 16.5 Å². The van der Waals surface area contributed by atoms with Gasteiger partial charge in [0.15, 0.2) is 5.78 Å². The molecule has 2 aromatic carbocycles. The van der Waals surface area contributed by atoms with Crippen LogP contribution in [0.3, 0.4) is 0 Å². The first kappa shape index (κ1) is 20.9. The highest BCUT2D eigenvalue weighted by Crippen LogP contribution is 2.41. The second kappa shape index (κ2) is 8.39. The molecule has 0 atom stereocenters. The van der Waals surface area contributed by atoms with Crippen molar-refractivity contribution in [3.8, 4) is 0 Å². The summed E-state index contributed by atoms with van der Waals surface area (Å²) in [4.78, 5) is 18.8. The van der Waals surface area contributed by atoms with Crippen LogP contribution in [0.1, 0.15) is 15.9 Å². The standard InChI is InChI=1S/C23H20F3N3O2/c24-23(25,26)19(13-21(30)15-5-7-16(27)8-6-15)18-14-28-20-4-2-1-3-17(20)22(18)29-9-11-31-12-10-29/h1-8,13-14H,9-12,27H2. The molecule has 0 aliphatic carbocycles. The molecule has 1 saturated heterocycles. The fraction of sp³-hybridized carbons (Fsp3) is 0.217. The zero-order valence-electron chi connectivity index (χ0n) is 16.5. The third kappa shape index (κ3) is 4.39. The van der Waals surface area contributed by atoms with Crippen molar-refractivity contribution >= 4 is 33.6 Å². The Bertz CT molecular complexity index is 1140. The van der Waals surface area contributed by atoms with E-state index < -0.39 is 17.5 Å². The topological polar surface area (TPSA) is 68.5 Å². The predicted molar refractivity (Wildman–Crippen MR) is 114 cm³/mol. The highest BCUT2D eigenvalue weighted by atomic mass is 19.4. The largest absolute Gasteiger partial charge is 0.417 e. The number of anilines is 2. The molecule has 2 heterocycles. The highest BCUT2D eigenvalue weighted by molar-refractivity contribution is 6.10. The van der Waals surface area contributed by atoms with Gasteiger partial charge in [0.05, 0.1) is 30.0 Å². The maximum absolute atomic E-state index is 14.2. The molecular formula is C23H20F3N3O2. The summed E-state index contributed by atoms with van der Waals surface area (Å²) < 4.78 is 47.9. The van der Waals surface area contributed by atoms with Gasteiger partial charge in [-0.05, 0) is 36.4 Å². The van der Waals surface area contributed by atoms with Crippen LogP contribution >= 0.6 is 0 Å². The van der Waals surface area contributed by atoms with Crippen molar-refractivity contribution in [1.82, 2.24) is 4.98 Å². The van der Waals surface area contributed by atoms with Crippen LogP contribution in [0.4, 0.5) is 24.5 Å². The lowest BCUT2D eigenvalue weighted by atomic mass is 9.98. The lowest BCUT2D eigenvalue weighted by Gasteiger charge is -2.32. The average molecular weight is 427 g/mol. The number of benzene rings is 2. The number of carbonyl (C=O) groups is 1. The van der Waals surface area contributed by atoms with E-state index in [0.717, 1.165) is 0 Å². The molecule has 0 amide bonds. The molecule has 0 spiro atoms. The van der Waals surface area contributed by atoms with Crippen molar-refractivity contribution < 1.29 is 22.7 Å². The number of nitrogen functional groups attached to an aromatic ring is 1. The number of carbonyl (C=O) groups excluding carboxylic acids is 1. The van der Waals surface area contributed by atoms with Crippen molar-refractivity contribution in [2.24, 2.45) is 0 Å². The Labute approximate surface area is 176 Å². The van der Waals surface area contributed by atoms with E-state index in [1.54, 1.807) is 24.3 Å². The van der Waals surface area contributed by atoms with E-state index in [2.05, 4.69) is 4.98 Å². The van der Waals surface area contributed by atoms with Gasteiger partial charge in [0, 0.05) is 41.5 Å². The zero-order chi connectivity index (χ0) is 22.0. The van der Waals surface area contributed by atoms with Crippen molar-refractivity contribution in [2.45, 2.75) is 6.18 Å². The minimum Gasteiger partial charge on any atom is -0.399 e. The third-order valence-electron chi connectivity index (χ3n) is 5.14. The van der Waals surface area contributed by atoms with Crippen molar-refractivity contribution in [2.75, 3.05) is 36.9 Å². The molecule has 1 aliphatic heterocycles. The monoisotopic (exact) mass is 427 g/mol. The van der Waals surface area contributed by atoms with Gasteiger partial charge in [-0.3, -0.25) is 9.78 Å². The summed E-state index contributed by atoms with van der Waals surface area (Å²) in [5.74, 6) is -0.756. The summed E-state index contributed by atoms with van der Waals surface area (Å²) in [6.45, 7) is 1.70. The molecule has 5 nitrogen and oxygen atoms in total. The third-order valence-corrected chi connectivity index (χ3v) is 5.14. The Hall–Kier alpha value is -3.39. The number of nitrogens with zero attached hydrogens (tertiary/aromatic N) is 2. The summed E-state index contributed by atoms with van der Waals surface area (Å²) >= 11 is 0. The van der Waals surface area contributed by atoms with Crippen molar-refractivity contribution in [1.29, 1.82) is 0 Å². The lowest BCUT2D eigenvalue weighted by Crippen LogP contribution is -2.37. The second-order valence-corrected chi connectivity index (χ2v) is 7.18. The maximum atomic E-state index is 14.2. The number of para-hydroxylation sites is 1. The summed E-state index contributed by atoms with van der Waals surface area (Å²) in [5, 5.41) is 0.594. The van der Waals surface area contributed by atoms with E-state index in [-0.39, 0.29) is 11.1 Å². The molecule has 31 heavy (non-hydrogen) atoms. The molecule has 4 rings (SSSR count). The molecule has 1 fully saturated rings. The molecule has 3 aromatic rings. The van der Waals surface area contributed by atoms with Crippen LogP contribution in [-0.2, 0) is 4.74 Å². The average Bonchev–Trinajstić information content (AvgIpc) is 2.77. The van der Waals surface area contributed by atoms with Crippen LogP contribution in [0.2, 0.25) is 0 Å². The van der Waals surface area contributed by atoms with E-state index in [9.17, 15) is 18.0 Å². The van der Waals surface area contributed by atoms with E-state index in [1.807, 2.05) is 4.90 Å². The van der Waals surface area contributed by atoms with Crippen LogP contribution in [-0.4, -0.2) is 43.2 Å². The van der Waals surface area contributed by atoms with Gasteiger partial charge in [-0.1, -0.05) is 18.2 Å². The Morgan fingerprint density at radius 1 is 1.06 bits per heavy atom. The van der Waals surface area contributed by atoms with Gasteiger partial charge >= 0.3 is 6.18 Å². The number of ketones is 1. The number of alkyl halides is 3. The Morgan fingerprint density at radius 3 is 2.42 bits per heavy atom. The molecule has 1 aromatic heterocycles. The van der Waals surface area contributed by atoms with Gasteiger partial charge in [0.25, 0.3) is 0 Å². The van der Waals surface area contributed by atoms with Gasteiger partial charge in [0.2, 0.25) is 0 Å². The number of halogens is 3. The van der Waals surface area contributed by atoms with Crippen LogP contribution in [0.5, 0.6) is 0 Å². The number of aromatic nitrogens is 1. The van der Waals surface area contributed by atoms with Gasteiger partial charge in [0.1, 0.15) is 0 Å². The smallest absolute Gasteiger partial charge is 0.399 e. The lowest BCUT2D eigenvalue weighted by molar-refractivity contribution is -0.0689. The SMILES string of the molecule is Nc1ccc(C(=O)C=C(c2cnc3ccccc3c2N2CCOCC2)C(F)(F)F)cc1. The summed E-state index contributed by atoms with van der Waals surface area (Å²) in [6, 6.07) is 12.8. The molecule has 8 heteroatoms. The van der Waals surface area contributed by atoms with Crippen molar-refractivity contribution in [3.05, 3.63) is 71.9 Å². The highest BCUT2D eigenvalue weighted by Gasteiger charge is 2.38.